The first-order valence-corrected chi connectivity index (χ1v) is 9.03. The van der Waals surface area contributed by atoms with Crippen LogP contribution in [-0.2, 0) is 10.8 Å². The minimum absolute atomic E-state index is 0.258. The zero-order valence-electron chi connectivity index (χ0n) is 10.2. The van der Waals surface area contributed by atoms with Gasteiger partial charge in [0, 0.05) is 0 Å². The fourth-order valence-electron chi connectivity index (χ4n) is 1.52. The molecule has 0 aromatic heterocycles. The second-order valence-corrected chi connectivity index (χ2v) is 9.33. The summed E-state index contributed by atoms with van der Waals surface area (Å²) in [4.78, 5) is 0. The lowest BCUT2D eigenvalue weighted by atomic mass is 10.1. The summed E-state index contributed by atoms with van der Waals surface area (Å²) < 4.78 is 5.79. The van der Waals surface area contributed by atoms with Gasteiger partial charge in [-0.2, -0.15) is 5.26 Å². The molecular weight excluding hydrogens is 214 g/mol. The van der Waals surface area contributed by atoms with Crippen LogP contribution < -0.4 is 0 Å². The van der Waals surface area contributed by atoms with Crippen molar-refractivity contribution in [1.29, 1.82) is 5.26 Å². The molecule has 1 rings (SSSR count). The van der Waals surface area contributed by atoms with E-state index in [-0.39, 0.29) is 6.10 Å². The van der Waals surface area contributed by atoms with Gasteiger partial charge in [0.2, 0.25) is 0 Å². The number of benzene rings is 1. The molecule has 0 aliphatic carbocycles. The van der Waals surface area contributed by atoms with E-state index in [9.17, 15) is 0 Å². The lowest BCUT2D eigenvalue weighted by Gasteiger charge is -2.21. The average molecular weight is 233 g/mol. The first kappa shape index (κ1) is 13.0. The SMILES string of the molecule is C[Si](C)(C)O[C@@H](C#N)CCc1ccccc1. The lowest BCUT2D eigenvalue weighted by molar-refractivity contribution is 0.238. The smallest absolute Gasteiger partial charge is 0.185 e. The zero-order chi connectivity index (χ0) is 12.0. The van der Waals surface area contributed by atoms with E-state index in [1.165, 1.54) is 5.56 Å². The van der Waals surface area contributed by atoms with Gasteiger partial charge in [0.05, 0.1) is 6.07 Å². The molecule has 1 atom stereocenters. The van der Waals surface area contributed by atoms with Crippen molar-refractivity contribution < 1.29 is 4.43 Å². The second kappa shape index (κ2) is 5.83. The summed E-state index contributed by atoms with van der Waals surface area (Å²) >= 11 is 0. The largest absolute Gasteiger partial charge is 0.402 e. The Labute approximate surface area is 99.0 Å². The average Bonchev–Trinajstić information content (AvgIpc) is 2.24. The van der Waals surface area contributed by atoms with Gasteiger partial charge in [0.25, 0.3) is 0 Å². The van der Waals surface area contributed by atoms with Crippen LogP contribution in [0.1, 0.15) is 12.0 Å². The van der Waals surface area contributed by atoms with Crippen molar-refractivity contribution in [2.24, 2.45) is 0 Å². The maximum absolute atomic E-state index is 9.01. The molecule has 0 saturated heterocycles. The highest BCUT2D eigenvalue weighted by molar-refractivity contribution is 6.69. The highest BCUT2D eigenvalue weighted by atomic mass is 28.4. The minimum atomic E-state index is -1.60. The number of hydrogen-bond acceptors (Lipinski definition) is 2. The van der Waals surface area contributed by atoms with Crippen LogP contribution in [0.5, 0.6) is 0 Å². The molecule has 0 amide bonds. The summed E-state index contributed by atoms with van der Waals surface area (Å²) in [5.41, 5.74) is 1.27. The Bertz CT molecular complexity index is 350. The van der Waals surface area contributed by atoms with Gasteiger partial charge in [-0.1, -0.05) is 30.3 Å². The number of aryl methyl sites for hydroxylation is 1. The van der Waals surface area contributed by atoms with E-state index >= 15 is 0 Å². The van der Waals surface area contributed by atoms with Gasteiger partial charge >= 0.3 is 0 Å². The van der Waals surface area contributed by atoms with Gasteiger partial charge in [-0.25, -0.2) is 0 Å². The van der Waals surface area contributed by atoms with E-state index in [0.717, 1.165) is 12.8 Å². The van der Waals surface area contributed by atoms with E-state index < -0.39 is 8.32 Å². The Morgan fingerprint density at radius 3 is 2.38 bits per heavy atom. The molecule has 0 bridgehead atoms. The maximum Gasteiger partial charge on any atom is 0.185 e. The zero-order valence-corrected chi connectivity index (χ0v) is 11.2. The Morgan fingerprint density at radius 1 is 1.25 bits per heavy atom. The van der Waals surface area contributed by atoms with E-state index in [4.69, 9.17) is 9.69 Å². The van der Waals surface area contributed by atoms with Crippen molar-refractivity contribution in [3.8, 4) is 6.07 Å². The first-order chi connectivity index (χ1) is 7.51. The van der Waals surface area contributed by atoms with Crippen LogP contribution in [-0.4, -0.2) is 14.4 Å². The summed E-state index contributed by atoms with van der Waals surface area (Å²) in [7, 11) is -1.60. The highest BCUT2D eigenvalue weighted by Gasteiger charge is 2.20. The van der Waals surface area contributed by atoms with Crippen molar-refractivity contribution in [2.75, 3.05) is 0 Å². The summed E-state index contributed by atoms with van der Waals surface area (Å²) in [5.74, 6) is 0. The predicted octanol–water partition coefficient (Wildman–Crippen LogP) is 3.36. The van der Waals surface area contributed by atoms with E-state index in [1.807, 2.05) is 18.2 Å². The molecule has 0 aliphatic rings. The summed E-state index contributed by atoms with van der Waals surface area (Å²) in [6, 6.07) is 12.5. The molecule has 0 spiro atoms. The molecule has 0 fully saturated rings. The van der Waals surface area contributed by atoms with Crippen molar-refractivity contribution in [3.05, 3.63) is 35.9 Å². The molecule has 1 aromatic rings. The fourth-order valence-corrected chi connectivity index (χ4v) is 2.54. The fraction of sp³-hybridized carbons (Fsp3) is 0.462. The second-order valence-electron chi connectivity index (χ2n) is 4.87. The van der Waals surface area contributed by atoms with Crippen LogP contribution >= 0.6 is 0 Å². The van der Waals surface area contributed by atoms with Crippen LogP contribution in [0.2, 0.25) is 19.6 Å². The Hall–Kier alpha value is -1.11. The molecule has 0 radical (unpaired) electrons. The lowest BCUT2D eigenvalue weighted by Crippen LogP contribution is -2.31. The molecule has 86 valence electrons. The van der Waals surface area contributed by atoms with Crippen LogP contribution in [0, 0.1) is 11.3 Å². The Kier molecular flexibility index (Phi) is 4.72. The monoisotopic (exact) mass is 233 g/mol. The Balaban J connectivity index is 2.44. The Morgan fingerprint density at radius 2 is 1.88 bits per heavy atom. The van der Waals surface area contributed by atoms with E-state index in [0.29, 0.717) is 0 Å². The van der Waals surface area contributed by atoms with Crippen LogP contribution in [0.25, 0.3) is 0 Å². The van der Waals surface area contributed by atoms with Gasteiger partial charge in [-0.3, -0.25) is 0 Å². The van der Waals surface area contributed by atoms with Crippen molar-refractivity contribution >= 4 is 8.32 Å². The normalized spacial score (nSPS) is 13.1. The molecular formula is C13H19NOSi. The molecule has 0 N–H and O–H groups in total. The highest BCUT2D eigenvalue weighted by Crippen LogP contribution is 2.12. The third-order valence-electron chi connectivity index (χ3n) is 2.18. The molecule has 3 heteroatoms. The summed E-state index contributed by atoms with van der Waals surface area (Å²) in [6.45, 7) is 6.33. The summed E-state index contributed by atoms with van der Waals surface area (Å²) in [6.07, 6.45) is 1.43. The maximum atomic E-state index is 9.01. The number of nitrogens with zero attached hydrogens (tertiary/aromatic N) is 1. The molecule has 2 nitrogen and oxygen atoms in total. The summed E-state index contributed by atoms with van der Waals surface area (Å²) in [5, 5.41) is 9.01. The van der Waals surface area contributed by atoms with Crippen molar-refractivity contribution in [3.63, 3.8) is 0 Å². The van der Waals surface area contributed by atoms with Gasteiger partial charge in [0.15, 0.2) is 8.32 Å². The number of hydrogen-bond donors (Lipinski definition) is 0. The van der Waals surface area contributed by atoms with E-state index in [2.05, 4.69) is 37.8 Å². The van der Waals surface area contributed by atoms with Crippen LogP contribution in [0.3, 0.4) is 0 Å². The standard InChI is InChI=1S/C13H19NOSi/c1-16(2,3)15-13(11-14)10-9-12-7-5-4-6-8-12/h4-8,13H,9-10H2,1-3H3/t13-/m1/s1. The molecule has 0 unspecified atom stereocenters. The molecule has 0 saturated carbocycles. The first-order valence-electron chi connectivity index (χ1n) is 5.62. The van der Waals surface area contributed by atoms with Gasteiger partial charge in [0.1, 0.15) is 6.10 Å². The van der Waals surface area contributed by atoms with E-state index in [1.54, 1.807) is 0 Å². The molecule has 0 heterocycles. The molecule has 0 aliphatic heterocycles. The number of nitriles is 1. The third kappa shape index (κ3) is 5.10. The van der Waals surface area contributed by atoms with Crippen LogP contribution in [0.15, 0.2) is 30.3 Å². The quantitative estimate of drug-likeness (QED) is 0.731. The molecule has 16 heavy (non-hydrogen) atoms. The van der Waals surface area contributed by atoms with Gasteiger partial charge in [-0.15, -0.1) is 0 Å². The predicted molar refractivity (Wildman–Crippen MR) is 68.6 cm³/mol. The minimum Gasteiger partial charge on any atom is -0.402 e. The van der Waals surface area contributed by atoms with Gasteiger partial charge < -0.3 is 4.43 Å². The third-order valence-corrected chi connectivity index (χ3v) is 3.17. The van der Waals surface area contributed by atoms with Crippen molar-refractivity contribution in [1.82, 2.24) is 0 Å². The topological polar surface area (TPSA) is 33.0 Å². The molecule has 1 aromatic carbocycles. The van der Waals surface area contributed by atoms with Crippen molar-refractivity contribution in [2.45, 2.75) is 38.6 Å². The van der Waals surface area contributed by atoms with Crippen LogP contribution in [0.4, 0.5) is 0 Å². The van der Waals surface area contributed by atoms with Gasteiger partial charge in [-0.05, 0) is 38.0 Å². The number of rotatable bonds is 5.